The Morgan fingerprint density at radius 3 is 2.81 bits per heavy atom. The average molecular weight is 289 g/mol. The summed E-state index contributed by atoms with van der Waals surface area (Å²) < 4.78 is 0. The second kappa shape index (κ2) is 7.08. The summed E-state index contributed by atoms with van der Waals surface area (Å²) in [6, 6.07) is 6.32. The monoisotopic (exact) mass is 289 g/mol. The highest BCUT2D eigenvalue weighted by molar-refractivity contribution is 5.78. The number of carbonyl (C=O) groups excluding carboxylic acids is 1. The first-order chi connectivity index (χ1) is 10.1. The van der Waals surface area contributed by atoms with Gasteiger partial charge in [-0.3, -0.25) is 4.79 Å². The van der Waals surface area contributed by atoms with E-state index in [4.69, 9.17) is 0 Å². The van der Waals surface area contributed by atoms with E-state index in [1.807, 2.05) is 26.8 Å². The number of carbonyl (C=O) groups is 1. The van der Waals surface area contributed by atoms with Gasteiger partial charge in [-0.05, 0) is 48.8 Å². The summed E-state index contributed by atoms with van der Waals surface area (Å²) in [6.45, 7) is 5.98. The molecule has 3 nitrogen and oxygen atoms in total. The van der Waals surface area contributed by atoms with Gasteiger partial charge in [-0.15, -0.1) is 0 Å². The number of fused-ring (bicyclic) bond motifs is 1. The van der Waals surface area contributed by atoms with Gasteiger partial charge in [0.15, 0.2) is 0 Å². The van der Waals surface area contributed by atoms with Gasteiger partial charge in [0.25, 0.3) is 0 Å². The Morgan fingerprint density at radius 2 is 2.14 bits per heavy atom. The van der Waals surface area contributed by atoms with Crippen molar-refractivity contribution >= 4 is 5.91 Å². The molecule has 21 heavy (non-hydrogen) atoms. The van der Waals surface area contributed by atoms with E-state index >= 15 is 0 Å². The van der Waals surface area contributed by atoms with Crippen LogP contribution >= 0.6 is 0 Å². The summed E-state index contributed by atoms with van der Waals surface area (Å²) in [7, 11) is 0. The fourth-order valence-electron chi connectivity index (χ4n) is 2.91. The van der Waals surface area contributed by atoms with Gasteiger partial charge in [-0.25, -0.2) is 0 Å². The fraction of sp³-hybridized carbons (Fsp3) is 0.611. The minimum absolute atomic E-state index is 0.0554. The number of aryl methyl sites for hydroxylation is 1. The SMILES string of the molecule is CCC(C)C(=O)NC1CCCc2ccc(C(O)CC)cc21. The van der Waals surface area contributed by atoms with E-state index in [0.29, 0.717) is 6.42 Å². The van der Waals surface area contributed by atoms with Crippen LogP contribution in [0.3, 0.4) is 0 Å². The van der Waals surface area contributed by atoms with Crippen LogP contribution in [0.2, 0.25) is 0 Å². The lowest BCUT2D eigenvalue weighted by atomic mass is 9.85. The third-order valence-electron chi connectivity index (χ3n) is 4.63. The molecule has 0 radical (unpaired) electrons. The van der Waals surface area contributed by atoms with Gasteiger partial charge >= 0.3 is 0 Å². The van der Waals surface area contributed by atoms with Crippen LogP contribution < -0.4 is 5.32 Å². The Hall–Kier alpha value is -1.35. The third kappa shape index (κ3) is 3.65. The van der Waals surface area contributed by atoms with Crippen LogP contribution in [-0.2, 0) is 11.2 Å². The van der Waals surface area contributed by atoms with Crippen LogP contribution in [0.15, 0.2) is 18.2 Å². The van der Waals surface area contributed by atoms with Crippen molar-refractivity contribution in [1.82, 2.24) is 5.32 Å². The molecule has 0 heterocycles. The standard InChI is InChI=1S/C18H27NO2/c1-4-12(3)18(21)19-16-8-6-7-13-9-10-14(11-15(13)16)17(20)5-2/h9-12,16-17,20H,4-8H2,1-3H3,(H,19,21). The number of benzene rings is 1. The van der Waals surface area contributed by atoms with Crippen molar-refractivity contribution < 1.29 is 9.90 Å². The molecule has 1 aliphatic carbocycles. The summed E-state index contributed by atoms with van der Waals surface area (Å²) in [4.78, 5) is 12.2. The van der Waals surface area contributed by atoms with Crippen LogP contribution in [0.25, 0.3) is 0 Å². The number of rotatable bonds is 5. The zero-order valence-corrected chi connectivity index (χ0v) is 13.4. The first kappa shape index (κ1) is 16.0. The molecule has 0 aliphatic heterocycles. The van der Waals surface area contributed by atoms with E-state index in [1.54, 1.807) is 0 Å². The quantitative estimate of drug-likeness (QED) is 0.869. The molecule has 0 saturated heterocycles. The topological polar surface area (TPSA) is 49.3 Å². The van der Waals surface area contributed by atoms with Crippen molar-refractivity contribution in [2.45, 2.75) is 65.0 Å². The third-order valence-corrected chi connectivity index (χ3v) is 4.63. The van der Waals surface area contributed by atoms with Crippen molar-refractivity contribution in [1.29, 1.82) is 0 Å². The Morgan fingerprint density at radius 1 is 1.38 bits per heavy atom. The van der Waals surface area contributed by atoms with Gasteiger partial charge in [-0.1, -0.05) is 39.0 Å². The van der Waals surface area contributed by atoms with Crippen molar-refractivity contribution in [2.75, 3.05) is 0 Å². The van der Waals surface area contributed by atoms with E-state index in [0.717, 1.165) is 31.2 Å². The minimum atomic E-state index is -0.414. The lowest BCUT2D eigenvalue weighted by molar-refractivity contribution is -0.125. The zero-order chi connectivity index (χ0) is 15.4. The van der Waals surface area contributed by atoms with Crippen molar-refractivity contribution in [3.63, 3.8) is 0 Å². The molecule has 1 aromatic carbocycles. The van der Waals surface area contributed by atoms with E-state index in [2.05, 4.69) is 17.4 Å². The normalized spacial score (nSPS) is 20.5. The molecule has 0 aromatic heterocycles. The van der Waals surface area contributed by atoms with E-state index in [1.165, 1.54) is 11.1 Å². The highest BCUT2D eigenvalue weighted by Gasteiger charge is 2.24. The minimum Gasteiger partial charge on any atom is -0.388 e. The van der Waals surface area contributed by atoms with Gasteiger partial charge in [0.1, 0.15) is 0 Å². The predicted octanol–water partition coefficient (Wildman–Crippen LogP) is 3.67. The van der Waals surface area contributed by atoms with Crippen LogP contribution in [0, 0.1) is 5.92 Å². The van der Waals surface area contributed by atoms with Gasteiger partial charge in [0.05, 0.1) is 12.1 Å². The maximum absolute atomic E-state index is 12.2. The summed E-state index contributed by atoms with van der Waals surface area (Å²) in [6.07, 6.45) is 4.31. The molecule has 1 aliphatic rings. The second-order valence-electron chi connectivity index (χ2n) is 6.14. The number of aliphatic hydroxyl groups is 1. The van der Waals surface area contributed by atoms with E-state index in [-0.39, 0.29) is 17.9 Å². The Balaban J connectivity index is 2.22. The molecule has 0 bridgehead atoms. The van der Waals surface area contributed by atoms with Crippen LogP contribution in [0.1, 0.15) is 75.3 Å². The highest BCUT2D eigenvalue weighted by atomic mass is 16.3. The lowest BCUT2D eigenvalue weighted by Crippen LogP contribution is -2.34. The molecule has 116 valence electrons. The molecule has 0 spiro atoms. The van der Waals surface area contributed by atoms with Gasteiger partial charge in [-0.2, -0.15) is 0 Å². The van der Waals surface area contributed by atoms with Crippen LogP contribution in [0.5, 0.6) is 0 Å². The molecular formula is C18H27NO2. The molecule has 1 amide bonds. The van der Waals surface area contributed by atoms with Gasteiger partial charge < -0.3 is 10.4 Å². The largest absolute Gasteiger partial charge is 0.388 e. The molecule has 0 fully saturated rings. The summed E-state index contributed by atoms with van der Waals surface area (Å²) in [5, 5.41) is 13.2. The predicted molar refractivity (Wildman–Crippen MR) is 85.0 cm³/mol. The molecule has 2 rings (SSSR count). The van der Waals surface area contributed by atoms with Crippen molar-refractivity contribution in [3.05, 3.63) is 34.9 Å². The maximum atomic E-state index is 12.2. The molecule has 2 N–H and O–H groups in total. The maximum Gasteiger partial charge on any atom is 0.223 e. The second-order valence-corrected chi connectivity index (χ2v) is 6.14. The summed E-state index contributed by atoms with van der Waals surface area (Å²) in [5.74, 6) is 0.191. The number of nitrogens with one attached hydrogen (secondary N) is 1. The molecule has 1 aromatic rings. The van der Waals surface area contributed by atoms with Crippen LogP contribution in [-0.4, -0.2) is 11.0 Å². The van der Waals surface area contributed by atoms with Crippen molar-refractivity contribution in [2.24, 2.45) is 5.92 Å². The molecule has 3 unspecified atom stereocenters. The first-order valence-corrected chi connectivity index (χ1v) is 8.17. The first-order valence-electron chi connectivity index (χ1n) is 8.17. The number of hydrogen-bond donors (Lipinski definition) is 2. The fourth-order valence-corrected chi connectivity index (χ4v) is 2.91. The average Bonchev–Trinajstić information content (AvgIpc) is 2.53. The van der Waals surface area contributed by atoms with Crippen LogP contribution in [0.4, 0.5) is 0 Å². The number of aliphatic hydroxyl groups excluding tert-OH is 1. The van der Waals surface area contributed by atoms with Gasteiger partial charge in [0.2, 0.25) is 5.91 Å². The van der Waals surface area contributed by atoms with Crippen molar-refractivity contribution in [3.8, 4) is 0 Å². The Kier molecular flexibility index (Phi) is 5.40. The van der Waals surface area contributed by atoms with Gasteiger partial charge in [0, 0.05) is 5.92 Å². The Labute approximate surface area is 127 Å². The number of amides is 1. The van der Waals surface area contributed by atoms with E-state index in [9.17, 15) is 9.90 Å². The summed E-state index contributed by atoms with van der Waals surface area (Å²) in [5.41, 5.74) is 3.46. The summed E-state index contributed by atoms with van der Waals surface area (Å²) >= 11 is 0. The smallest absolute Gasteiger partial charge is 0.223 e. The molecule has 3 heteroatoms. The molecular weight excluding hydrogens is 262 g/mol. The zero-order valence-electron chi connectivity index (χ0n) is 13.4. The highest BCUT2D eigenvalue weighted by Crippen LogP contribution is 2.32. The molecule has 3 atom stereocenters. The van der Waals surface area contributed by atoms with E-state index < -0.39 is 6.10 Å². The lowest BCUT2D eigenvalue weighted by Gasteiger charge is -2.28. The number of hydrogen-bond acceptors (Lipinski definition) is 2. The Bertz CT molecular complexity index is 498. The molecule has 0 saturated carbocycles.